The summed E-state index contributed by atoms with van der Waals surface area (Å²) in [5.41, 5.74) is 3.01. The van der Waals surface area contributed by atoms with Gasteiger partial charge in [-0.05, 0) is 60.7 Å². The molecule has 0 saturated carbocycles. The Morgan fingerprint density at radius 1 is 1.11 bits per heavy atom. The minimum atomic E-state index is 0.633. The normalized spacial score (nSPS) is 24.1. The van der Waals surface area contributed by atoms with E-state index >= 15 is 0 Å². The van der Waals surface area contributed by atoms with Gasteiger partial charge < -0.3 is 5.32 Å². The second-order valence-corrected chi connectivity index (χ2v) is 6.81. The third-order valence-corrected chi connectivity index (χ3v) is 4.41. The molecule has 1 heteroatoms. The maximum Gasteiger partial charge on any atom is -0.00146 e. The molecule has 0 spiro atoms. The molecule has 1 aliphatic heterocycles. The molecule has 19 heavy (non-hydrogen) atoms. The van der Waals surface area contributed by atoms with Crippen LogP contribution >= 0.6 is 0 Å². The third-order valence-electron chi connectivity index (χ3n) is 4.41. The molecule has 0 aliphatic carbocycles. The molecule has 2 rings (SSSR count). The molecule has 1 saturated heterocycles. The smallest absolute Gasteiger partial charge is 0.00146 e. The second-order valence-electron chi connectivity index (χ2n) is 6.81. The molecule has 106 valence electrons. The van der Waals surface area contributed by atoms with Gasteiger partial charge in [-0.2, -0.15) is 0 Å². The highest BCUT2D eigenvalue weighted by atomic mass is 14.9. The Hall–Kier alpha value is -0.820. The van der Waals surface area contributed by atoms with Crippen molar-refractivity contribution < 1.29 is 0 Å². The van der Waals surface area contributed by atoms with Gasteiger partial charge in [0.05, 0.1) is 0 Å². The molecule has 0 aromatic heterocycles. The summed E-state index contributed by atoms with van der Waals surface area (Å²) >= 11 is 0. The van der Waals surface area contributed by atoms with Gasteiger partial charge in [0.15, 0.2) is 0 Å². The minimum Gasteiger partial charge on any atom is -0.316 e. The second kappa shape index (κ2) is 6.56. The monoisotopic (exact) mass is 259 g/mol. The maximum absolute atomic E-state index is 3.57. The number of nitrogens with one attached hydrogen (secondary N) is 1. The number of benzene rings is 1. The fourth-order valence-electron chi connectivity index (χ4n) is 3.34. The highest BCUT2D eigenvalue weighted by Crippen LogP contribution is 2.34. The Balaban J connectivity index is 2.12. The Morgan fingerprint density at radius 3 is 2.37 bits per heavy atom. The molecule has 1 heterocycles. The predicted molar refractivity (Wildman–Crippen MR) is 83.7 cm³/mol. The summed E-state index contributed by atoms with van der Waals surface area (Å²) in [5, 5.41) is 3.57. The van der Waals surface area contributed by atoms with Crippen LogP contribution in [-0.2, 0) is 0 Å². The zero-order valence-electron chi connectivity index (χ0n) is 12.9. The first kappa shape index (κ1) is 14.6. The lowest BCUT2D eigenvalue weighted by atomic mass is 9.77. The molecule has 0 amide bonds. The van der Waals surface area contributed by atoms with E-state index in [2.05, 4.69) is 57.3 Å². The summed E-state index contributed by atoms with van der Waals surface area (Å²) in [4.78, 5) is 0. The summed E-state index contributed by atoms with van der Waals surface area (Å²) in [5.74, 6) is 2.99. The number of hydrogen-bond donors (Lipinski definition) is 1. The predicted octanol–water partition coefficient (Wildman–Crippen LogP) is 4.55. The Kier molecular flexibility index (Phi) is 5.04. The van der Waals surface area contributed by atoms with E-state index < -0.39 is 0 Å². The molecule has 1 aliphatic rings. The van der Waals surface area contributed by atoms with E-state index in [0.29, 0.717) is 5.92 Å². The van der Waals surface area contributed by atoms with Gasteiger partial charge in [-0.3, -0.25) is 0 Å². The van der Waals surface area contributed by atoms with Gasteiger partial charge in [0, 0.05) is 0 Å². The first-order chi connectivity index (χ1) is 9.08. The van der Waals surface area contributed by atoms with Gasteiger partial charge in [0.2, 0.25) is 0 Å². The highest BCUT2D eigenvalue weighted by molar-refractivity contribution is 5.28. The molecule has 2 atom stereocenters. The summed E-state index contributed by atoms with van der Waals surface area (Å²) in [6.07, 6.45) is 2.63. The van der Waals surface area contributed by atoms with Gasteiger partial charge >= 0.3 is 0 Å². The van der Waals surface area contributed by atoms with E-state index in [4.69, 9.17) is 0 Å². The van der Waals surface area contributed by atoms with E-state index in [-0.39, 0.29) is 0 Å². The lowest BCUT2D eigenvalue weighted by molar-refractivity contribution is 0.280. The van der Waals surface area contributed by atoms with E-state index in [0.717, 1.165) is 17.8 Å². The molecule has 1 nitrogen and oxygen atoms in total. The van der Waals surface area contributed by atoms with Crippen LogP contribution in [0.5, 0.6) is 0 Å². The van der Waals surface area contributed by atoms with Crippen molar-refractivity contribution in [1.29, 1.82) is 0 Å². The van der Waals surface area contributed by atoms with Crippen molar-refractivity contribution in [3.63, 3.8) is 0 Å². The van der Waals surface area contributed by atoms with Crippen molar-refractivity contribution in [1.82, 2.24) is 5.32 Å². The van der Waals surface area contributed by atoms with Crippen LogP contribution in [0.25, 0.3) is 0 Å². The Labute approximate surface area is 118 Å². The van der Waals surface area contributed by atoms with Gasteiger partial charge in [-0.25, -0.2) is 0 Å². The van der Waals surface area contributed by atoms with E-state index in [1.165, 1.54) is 31.5 Å². The van der Waals surface area contributed by atoms with Gasteiger partial charge in [0.1, 0.15) is 0 Å². The van der Waals surface area contributed by atoms with E-state index in [9.17, 15) is 0 Å². The molecule has 1 aromatic carbocycles. The molecule has 0 bridgehead atoms. The molecule has 1 fully saturated rings. The average Bonchev–Trinajstić information content (AvgIpc) is 2.39. The number of piperidine rings is 1. The van der Waals surface area contributed by atoms with Crippen LogP contribution in [-0.4, -0.2) is 13.1 Å². The van der Waals surface area contributed by atoms with Crippen LogP contribution in [0.3, 0.4) is 0 Å². The zero-order chi connectivity index (χ0) is 13.8. The van der Waals surface area contributed by atoms with Crippen LogP contribution in [0.4, 0.5) is 0 Å². The lowest BCUT2D eigenvalue weighted by Crippen LogP contribution is -2.36. The first-order valence-corrected chi connectivity index (χ1v) is 7.88. The van der Waals surface area contributed by atoms with Crippen molar-refractivity contribution in [2.45, 2.75) is 52.4 Å². The minimum absolute atomic E-state index is 0.633. The molecule has 0 radical (unpaired) electrons. The van der Waals surface area contributed by atoms with Gasteiger partial charge in [0.25, 0.3) is 0 Å². The van der Waals surface area contributed by atoms with Crippen molar-refractivity contribution >= 4 is 0 Å². The molecular formula is C18H29N. The first-order valence-electron chi connectivity index (χ1n) is 7.88. The van der Waals surface area contributed by atoms with Crippen LogP contribution in [0.1, 0.15) is 63.5 Å². The number of rotatable bonds is 4. The van der Waals surface area contributed by atoms with E-state index in [1.54, 1.807) is 5.56 Å². The van der Waals surface area contributed by atoms with Crippen LogP contribution in [0.15, 0.2) is 24.3 Å². The molecule has 2 unspecified atom stereocenters. The molecule has 1 aromatic rings. The fourth-order valence-corrected chi connectivity index (χ4v) is 3.34. The summed E-state index contributed by atoms with van der Waals surface area (Å²) in [7, 11) is 0. The topological polar surface area (TPSA) is 12.0 Å². The fraction of sp³-hybridized carbons (Fsp3) is 0.667. The third kappa shape index (κ3) is 3.82. The molecule has 1 N–H and O–H groups in total. The Morgan fingerprint density at radius 2 is 1.79 bits per heavy atom. The maximum atomic E-state index is 3.57. The summed E-state index contributed by atoms with van der Waals surface area (Å²) < 4.78 is 0. The van der Waals surface area contributed by atoms with E-state index in [1.807, 2.05) is 0 Å². The summed E-state index contributed by atoms with van der Waals surface area (Å²) in [6.45, 7) is 11.6. The summed E-state index contributed by atoms with van der Waals surface area (Å²) in [6, 6.07) is 9.40. The van der Waals surface area contributed by atoms with Crippen molar-refractivity contribution in [3.8, 4) is 0 Å². The standard InChI is InChI=1S/C18H29N/c1-13(2)11-17-12-19-10-9-18(17)16-7-5-15(6-8-16)14(3)4/h5-8,13-14,17-19H,9-12H2,1-4H3. The number of hydrogen-bond acceptors (Lipinski definition) is 1. The average molecular weight is 259 g/mol. The Bertz CT molecular complexity index is 377. The zero-order valence-corrected chi connectivity index (χ0v) is 12.9. The quantitative estimate of drug-likeness (QED) is 0.836. The van der Waals surface area contributed by atoms with Crippen LogP contribution in [0, 0.1) is 11.8 Å². The largest absolute Gasteiger partial charge is 0.316 e. The highest BCUT2D eigenvalue weighted by Gasteiger charge is 2.26. The SMILES string of the molecule is CC(C)CC1CNCCC1c1ccc(C(C)C)cc1. The van der Waals surface area contributed by atoms with Crippen molar-refractivity contribution in [3.05, 3.63) is 35.4 Å². The van der Waals surface area contributed by atoms with Crippen molar-refractivity contribution in [2.75, 3.05) is 13.1 Å². The van der Waals surface area contributed by atoms with Crippen molar-refractivity contribution in [2.24, 2.45) is 11.8 Å². The lowest BCUT2D eigenvalue weighted by Gasteiger charge is -2.34. The van der Waals surface area contributed by atoms with Crippen LogP contribution in [0.2, 0.25) is 0 Å². The van der Waals surface area contributed by atoms with Gasteiger partial charge in [-0.1, -0.05) is 52.0 Å². The van der Waals surface area contributed by atoms with Gasteiger partial charge in [-0.15, -0.1) is 0 Å². The molecular weight excluding hydrogens is 230 g/mol. The van der Waals surface area contributed by atoms with Crippen LogP contribution < -0.4 is 5.32 Å².